The lowest BCUT2D eigenvalue weighted by atomic mass is 10.1. The second kappa shape index (κ2) is 3.81. The summed E-state index contributed by atoms with van der Waals surface area (Å²) in [7, 11) is 0. The van der Waals surface area contributed by atoms with Crippen LogP contribution in [0.4, 0.5) is 0 Å². The summed E-state index contributed by atoms with van der Waals surface area (Å²) in [5, 5.41) is 1.11. The highest BCUT2D eigenvalue weighted by molar-refractivity contribution is 14.1. The molecule has 0 atom stereocenters. The van der Waals surface area contributed by atoms with E-state index in [1.807, 2.05) is 12.1 Å². The Balaban J connectivity index is 2.71. The van der Waals surface area contributed by atoms with Crippen LogP contribution in [0.3, 0.4) is 0 Å². The molecular weight excluding hydrogens is 287 g/mol. The third-order valence-electron chi connectivity index (χ3n) is 2.12. The van der Waals surface area contributed by atoms with E-state index in [-0.39, 0.29) is 0 Å². The first-order chi connectivity index (χ1) is 6.68. The van der Waals surface area contributed by atoms with Crippen molar-refractivity contribution in [2.45, 2.75) is 19.8 Å². The molecule has 0 amide bonds. The van der Waals surface area contributed by atoms with Crippen molar-refractivity contribution < 1.29 is 0 Å². The molecule has 3 heteroatoms. The molecule has 2 heterocycles. The Bertz CT molecular complexity index is 466. The van der Waals surface area contributed by atoms with Gasteiger partial charge in [-0.2, -0.15) is 0 Å². The molecule has 72 valence electrons. The van der Waals surface area contributed by atoms with Gasteiger partial charge in [-0.25, -0.2) is 9.97 Å². The Morgan fingerprint density at radius 3 is 2.86 bits per heavy atom. The summed E-state index contributed by atoms with van der Waals surface area (Å²) in [4.78, 5) is 8.81. The summed E-state index contributed by atoms with van der Waals surface area (Å²) in [5.74, 6) is 0.452. The maximum absolute atomic E-state index is 4.56. The lowest BCUT2D eigenvalue weighted by molar-refractivity contribution is 0.820. The number of pyridine rings is 2. The van der Waals surface area contributed by atoms with E-state index in [2.05, 4.69) is 52.5 Å². The third-order valence-corrected chi connectivity index (χ3v) is 2.98. The van der Waals surface area contributed by atoms with Gasteiger partial charge < -0.3 is 0 Å². The van der Waals surface area contributed by atoms with E-state index < -0.39 is 0 Å². The Morgan fingerprint density at radius 1 is 1.36 bits per heavy atom. The maximum atomic E-state index is 4.56. The van der Waals surface area contributed by atoms with Crippen LogP contribution in [0, 0.1) is 3.57 Å². The predicted molar refractivity (Wildman–Crippen MR) is 66.3 cm³/mol. The molecule has 0 bridgehead atoms. The normalized spacial score (nSPS) is 11.1. The van der Waals surface area contributed by atoms with Crippen molar-refractivity contribution in [2.24, 2.45) is 0 Å². The van der Waals surface area contributed by atoms with E-state index in [0.29, 0.717) is 5.92 Å². The van der Waals surface area contributed by atoms with Gasteiger partial charge in [-0.05, 0) is 46.7 Å². The van der Waals surface area contributed by atoms with Gasteiger partial charge in [0.05, 0.1) is 5.69 Å². The van der Waals surface area contributed by atoms with Gasteiger partial charge in [0.1, 0.15) is 0 Å². The van der Waals surface area contributed by atoms with E-state index in [1.165, 1.54) is 3.57 Å². The Kier molecular flexibility index (Phi) is 2.67. The molecule has 0 aliphatic carbocycles. The summed E-state index contributed by atoms with van der Waals surface area (Å²) >= 11 is 2.33. The van der Waals surface area contributed by atoms with Crippen LogP contribution in [0.2, 0.25) is 0 Å². The van der Waals surface area contributed by atoms with Crippen molar-refractivity contribution in [3.63, 3.8) is 0 Å². The molecule has 0 spiro atoms. The Morgan fingerprint density at radius 2 is 2.14 bits per heavy atom. The summed E-state index contributed by atoms with van der Waals surface area (Å²) in [6.07, 6.45) is 1.78. The lowest BCUT2D eigenvalue weighted by Gasteiger charge is -2.07. The van der Waals surface area contributed by atoms with Crippen LogP contribution in [0.25, 0.3) is 11.0 Å². The van der Waals surface area contributed by atoms with Crippen molar-refractivity contribution >= 4 is 33.6 Å². The maximum Gasteiger partial charge on any atom is 0.159 e. The van der Waals surface area contributed by atoms with Crippen LogP contribution in [0.15, 0.2) is 24.4 Å². The third kappa shape index (κ3) is 1.73. The summed E-state index contributed by atoms with van der Waals surface area (Å²) in [6, 6.07) is 6.13. The number of hydrogen-bond acceptors (Lipinski definition) is 2. The second-order valence-electron chi connectivity index (χ2n) is 3.56. The molecule has 0 unspecified atom stereocenters. The second-order valence-corrected chi connectivity index (χ2v) is 4.72. The monoisotopic (exact) mass is 298 g/mol. The molecule has 0 radical (unpaired) electrons. The molecule has 2 nitrogen and oxygen atoms in total. The van der Waals surface area contributed by atoms with E-state index in [9.17, 15) is 0 Å². The average Bonchev–Trinajstić information content (AvgIpc) is 2.16. The van der Waals surface area contributed by atoms with E-state index >= 15 is 0 Å². The topological polar surface area (TPSA) is 25.8 Å². The van der Waals surface area contributed by atoms with E-state index in [0.717, 1.165) is 16.7 Å². The molecule has 2 aromatic heterocycles. The van der Waals surface area contributed by atoms with Crippen molar-refractivity contribution in [2.75, 3.05) is 0 Å². The average molecular weight is 298 g/mol. The minimum atomic E-state index is 0.452. The van der Waals surface area contributed by atoms with Crippen molar-refractivity contribution in [3.8, 4) is 0 Å². The molecule has 0 fully saturated rings. The highest BCUT2D eigenvalue weighted by Crippen LogP contribution is 2.22. The molecule has 0 saturated heterocycles. The molecule has 2 aromatic rings. The van der Waals surface area contributed by atoms with Crippen LogP contribution >= 0.6 is 22.6 Å². The number of rotatable bonds is 1. The van der Waals surface area contributed by atoms with Crippen LogP contribution in [0.1, 0.15) is 25.5 Å². The minimum Gasteiger partial charge on any atom is -0.237 e. The fourth-order valence-electron chi connectivity index (χ4n) is 1.40. The van der Waals surface area contributed by atoms with Crippen LogP contribution < -0.4 is 0 Å². The van der Waals surface area contributed by atoms with Crippen LogP contribution in [-0.4, -0.2) is 9.97 Å². The first kappa shape index (κ1) is 9.83. The van der Waals surface area contributed by atoms with E-state index in [4.69, 9.17) is 0 Å². The Labute approximate surface area is 96.9 Å². The molecule has 0 N–H and O–H groups in total. The highest BCUT2D eigenvalue weighted by atomic mass is 127. The largest absolute Gasteiger partial charge is 0.237 e. The van der Waals surface area contributed by atoms with Gasteiger partial charge in [-0.15, -0.1) is 0 Å². The number of halogens is 1. The molecule has 0 aromatic carbocycles. The lowest BCUT2D eigenvalue weighted by Crippen LogP contribution is -1.97. The molecule has 2 rings (SSSR count). The van der Waals surface area contributed by atoms with Gasteiger partial charge >= 0.3 is 0 Å². The van der Waals surface area contributed by atoms with Gasteiger partial charge in [-0.3, -0.25) is 0 Å². The Hall–Kier alpha value is -0.710. The fourth-order valence-corrected chi connectivity index (χ4v) is 2.48. The predicted octanol–water partition coefficient (Wildman–Crippen LogP) is 3.36. The zero-order chi connectivity index (χ0) is 10.1. The SMILES string of the molecule is CC(C)c1nc2ncccc2cc1I. The van der Waals surface area contributed by atoms with Gasteiger partial charge in [0.15, 0.2) is 5.65 Å². The number of aromatic nitrogens is 2. The zero-order valence-electron chi connectivity index (χ0n) is 8.16. The minimum absolute atomic E-state index is 0.452. The smallest absolute Gasteiger partial charge is 0.159 e. The van der Waals surface area contributed by atoms with Gasteiger partial charge in [0.2, 0.25) is 0 Å². The van der Waals surface area contributed by atoms with Gasteiger partial charge in [0, 0.05) is 15.2 Å². The number of nitrogens with zero attached hydrogens (tertiary/aromatic N) is 2. The molecular formula is C11H11IN2. The quantitative estimate of drug-likeness (QED) is 0.754. The first-order valence-corrected chi connectivity index (χ1v) is 5.67. The summed E-state index contributed by atoms with van der Waals surface area (Å²) in [5.41, 5.74) is 1.98. The molecule has 0 aliphatic rings. The van der Waals surface area contributed by atoms with Crippen LogP contribution in [-0.2, 0) is 0 Å². The van der Waals surface area contributed by atoms with Crippen LogP contribution in [0.5, 0.6) is 0 Å². The molecule has 14 heavy (non-hydrogen) atoms. The standard InChI is InChI=1S/C11H11IN2/c1-7(2)10-9(12)6-8-4-3-5-13-11(8)14-10/h3-7H,1-2H3. The van der Waals surface area contributed by atoms with E-state index in [1.54, 1.807) is 6.20 Å². The fraction of sp³-hybridized carbons (Fsp3) is 0.273. The number of fused-ring (bicyclic) bond motifs is 1. The zero-order valence-corrected chi connectivity index (χ0v) is 10.3. The van der Waals surface area contributed by atoms with Gasteiger partial charge in [-0.1, -0.05) is 13.8 Å². The van der Waals surface area contributed by atoms with Crippen molar-refractivity contribution in [1.82, 2.24) is 9.97 Å². The van der Waals surface area contributed by atoms with Crippen molar-refractivity contribution in [1.29, 1.82) is 0 Å². The molecule has 0 saturated carbocycles. The summed E-state index contributed by atoms with van der Waals surface area (Å²) in [6.45, 7) is 4.30. The number of hydrogen-bond donors (Lipinski definition) is 0. The molecule has 0 aliphatic heterocycles. The van der Waals surface area contributed by atoms with Crippen molar-refractivity contribution in [3.05, 3.63) is 33.7 Å². The summed E-state index contributed by atoms with van der Waals surface area (Å²) < 4.78 is 1.22. The first-order valence-electron chi connectivity index (χ1n) is 4.59. The highest BCUT2D eigenvalue weighted by Gasteiger charge is 2.08. The van der Waals surface area contributed by atoms with Gasteiger partial charge in [0.25, 0.3) is 0 Å².